The maximum absolute atomic E-state index is 12.9. The Morgan fingerprint density at radius 1 is 1.10 bits per heavy atom. The van der Waals surface area contributed by atoms with E-state index in [4.69, 9.17) is 9.15 Å². The van der Waals surface area contributed by atoms with Gasteiger partial charge in [0, 0.05) is 11.1 Å². The second-order valence-electron chi connectivity index (χ2n) is 7.32. The molecule has 1 aromatic heterocycles. The first-order valence-electron chi connectivity index (χ1n) is 9.84. The van der Waals surface area contributed by atoms with E-state index in [1.807, 2.05) is 12.1 Å². The van der Waals surface area contributed by atoms with Crippen LogP contribution in [0.5, 0.6) is 0 Å². The molecule has 2 N–H and O–H groups in total. The predicted molar refractivity (Wildman–Crippen MR) is 108 cm³/mol. The molecule has 0 saturated carbocycles. The monoisotopic (exact) mass is 393 g/mol. The van der Waals surface area contributed by atoms with E-state index in [2.05, 4.69) is 46.7 Å². The summed E-state index contributed by atoms with van der Waals surface area (Å²) in [4.78, 5) is 14.4. The van der Waals surface area contributed by atoms with Gasteiger partial charge in [0.05, 0.1) is 13.2 Å². The summed E-state index contributed by atoms with van der Waals surface area (Å²) >= 11 is 0. The molecule has 1 aliphatic rings. The minimum Gasteiger partial charge on any atom is -0.423 e. The highest BCUT2D eigenvalue weighted by Crippen LogP contribution is 2.18. The topological polar surface area (TPSA) is 81.7 Å². The third kappa shape index (κ3) is 4.88. The number of carbonyl (C=O) groups excluding carboxylic acids is 1. The van der Waals surface area contributed by atoms with Gasteiger partial charge >= 0.3 is 0 Å². The van der Waals surface area contributed by atoms with Crippen molar-refractivity contribution in [3.8, 4) is 11.5 Å². The van der Waals surface area contributed by atoms with Crippen LogP contribution in [0.25, 0.3) is 11.5 Å². The van der Waals surface area contributed by atoms with Crippen molar-refractivity contribution in [1.29, 1.82) is 0 Å². The summed E-state index contributed by atoms with van der Waals surface area (Å²) in [5.41, 5.74) is 3.70. The summed E-state index contributed by atoms with van der Waals surface area (Å²) in [6, 6.07) is 15.5. The molecule has 2 heterocycles. The maximum Gasteiger partial charge on any atom is 0.251 e. The fourth-order valence-corrected chi connectivity index (χ4v) is 3.51. The van der Waals surface area contributed by atoms with Crippen LogP contribution in [0, 0.1) is 6.92 Å². The minimum absolute atomic E-state index is 0.0631. The molecule has 7 nitrogen and oxygen atoms in total. The summed E-state index contributed by atoms with van der Waals surface area (Å²) in [5.74, 6) is 0.339. The lowest BCUT2D eigenvalue weighted by molar-refractivity contribution is -0.909. The van der Waals surface area contributed by atoms with Crippen LogP contribution in [0.1, 0.15) is 27.5 Å². The molecule has 2 aromatic carbocycles. The molecule has 0 spiro atoms. The number of nitrogens with zero attached hydrogens (tertiary/aromatic N) is 2. The molecule has 4 rings (SSSR count). The Hall–Kier alpha value is -3.03. The largest absolute Gasteiger partial charge is 0.423 e. The molecule has 1 atom stereocenters. The summed E-state index contributed by atoms with van der Waals surface area (Å²) < 4.78 is 10.7. The number of quaternary nitrogens is 1. The molecule has 150 valence electrons. The number of benzene rings is 2. The number of hydrogen-bond acceptors (Lipinski definition) is 5. The number of rotatable bonds is 6. The maximum atomic E-state index is 12.9. The van der Waals surface area contributed by atoms with Crippen LogP contribution in [0.2, 0.25) is 0 Å². The molecule has 1 fully saturated rings. The van der Waals surface area contributed by atoms with Gasteiger partial charge in [-0.3, -0.25) is 4.79 Å². The Morgan fingerprint density at radius 2 is 1.83 bits per heavy atom. The zero-order chi connectivity index (χ0) is 20.1. The van der Waals surface area contributed by atoms with E-state index < -0.39 is 0 Å². The lowest BCUT2D eigenvalue weighted by Gasteiger charge is -2.28. The van der Waals surface area contributed by atoms with E-state index in [9.17, 15) is 4.79 Å². The van der Waals surface area contributed by atoms with Crippen LogP contribution in [0.4, 0.5) is 0 Å². The van der Waals surface area contributed by atoms with Crippen LogP contribution < -0.4 is 10.2 Å². The van der Waals surface area contributed by atoms with E-state index in [0.29, 0.717) is 11.5 Å². The average Bonchev–Trinajstić information content (AvgIpc) is 3.30. The average molecular weight is 393 g/mol. The van der Waals surface area contributed by atoms with Gasteiger partial charge in [0.1, 0.15) is 25.7 Å². The van der Waals surface area contributed by atoms with Crippen molar-refractivity contribution in [3.63, 3.8) is 0 Å². The molecular weight excluding hydrogens is 368 g/mol. The van der Waals surface area contributed by atoms with Gasteiger partial charge in [-0.1, -0.05) is 29.8 Å². The molecule has 1 saturated heterocycles. The molecular formula is C22H25N4O3+. The van der Waals surface area contributed by atoms with Gasteiger partial charge in [-0.2, -0.15) is 0 Å². The van der Waals surface area contributed by atoms with Crippen molar-refractivity contribution in [1.82, 2.24) is 15.5 Å². The number of ether oxygens (including phenoxy) is 1. The second kappa shape index (κ2) is 8.98. The van der Waals surface area contributed by atoms with Gasteiger partial charge in [-0.05, 0) is 36.8 Å². The Morgan fingerprint density at radius 3 is 2.48 bits per heavy atom. The molecule has 7 heteroatoms. The van der Waals surface area contributed by atoms with Gasteiger partial charge in [0.15, 0.2) is 0 Å². The first kappa shape index (κ1) is 19.3. The second-order valence-corrected chi connectivity index (χ2v) is 7.32. The smallest absolute Gasteiger partial charge is 0.251 e. The number of aryl methyl sites for hydroxylation is 1. The molecule has 3 aromatic rings. The first-order chi connectivity index (χ1) is 14.2. The number of amides is 1. The van der Waals surface area contributed by atoms with E-state index in [0.717, 1.165) is 44.0 Å². The van der Waals surface area contributed by atoms with Crippen LogP contribution in [-0.2, 0) is 4.74 Å². The molecule has 29 heavy (non-hydrogen) atoms. The van der Waals surface area contributed by atoms with Crippen molar-refractivity contribution in [2.24, 2.45) is 0 Å². The van der Waals surface area contributed by atoms with E-state index in [-0.39, 0.29) is 11.9 Å². The normalized spacial score (nSPS) is 15.8. The molecule has 0 bridgehead atoms. The number of aromatic nitrogens is 2. The van der Waals surface area contributed by atoms with Crippen LogP contribution in [-0.4, -0.2) is 49.0 Å². The predicted octanol–water partition coefficient (Wildman–Crippen LogP) is 1.43. The van der Waals surface area contributed by atoms with Gasteiger partial charge < -0.3 is 19.4 Å². The van der Waals surface area contributed by atoms with Crippen LogP contribution >= 0.6 is 0 Å². The van der Waals surface area contributed by atoms with Gasteiger partial charge in [0.25, 0.3) is 5.91 Å². The Bertz CT molecular complexity index is 918. The van der Waals surface area contributed by atoms with Crippen molar-refractivity contribution in [3.05, 3.63) is 71.6 Å². The quantitative estimate of drug-likeness (QED) is 0.662. The van der Waals surface area contributed by atoms with Crippen molar-refractivity contribution in [2.75, 3.05) is 32.8 Å². The van der Waals surface area contributed by atoms with E-state index in [1.165, 1.54) is 16.9 Å². The number of nitrogens with one attached hydrogen (secondary N) is 2. The third-order valence-electron chi connectivity index (χ3n) is 5.23. The molecule has 0 radical (unpaired) electrons. The molecule has 0 aliphatic carbocycles. The highest BCUT2D eigenvalue weighted by Gasteiger charge is 2.23. The standard InChI is InChI=1S/C22H24N4O3/c1-16-2-4-17(5-3-16)20(14-26-10-12-28-13-11-26)24-21(27)18-6-8-19(9-7-18)22-25-23-15-29-22/h2-9,15,20H,10-14H2,1H3,(H,24,27)/p+1/t20-/m1/s1. The van der Waals surface area contributed by atoms with Crippen molar-refractivity contribution < 1.29 is 18.8 Å². The van der Waals surface area contributed by atoms with Crippen LogP contribution in [0.15, 0.2) is 59.3 Å². The van der Waals surface area contributed by atoms with E-state index in [1.54, 1.807) is 12.1 Å². The van der Waals surface area contributed by atoms with Crippen molar-refractivity contribution in [2.45, 2.75) is 13.0 Å². The summed E-state index contributed by atoms with van der Waals surface area (Å²) in [7, 11) is 0. The van der Waals surface area contributed by atoms with Crippen LogP contribution in [0.3, 0.4) is 0 Å². The Balaban J connectivity index is 1.49. The molecule has 1 amide bonds. The summed E-state index contributed by atoms with van der Waals surface area (Å²) in [6.07, 6.45) is 1.29. The number of morpholine rings is 1. The van der Waals surface area contributed by atoms with E-state index >= 15 is 0 Å². The number of carbonyl (C=O) groups is 1. The lowest BCUT2D eigenvalue weighted by atomic mass is 10.0. The Labute approximate surface area is 169 Å². The van der Waals surface area contributed by atoms with Crippen molar-refractivity contribution >= 4 is 5.91 Å². The fourth-order valence-electron chi connectivity index (χ4n) is 3.51. The minimum atomic E-state index is -0.0969. The van der Waals surface area contributed by atoms with Gasteiger partial charge in [-0.15, -0.1) is 10.2 Å². The van der Waals surface area contributed by atoms with Gasteiger partial charge in [0.2, 0.25) is 12.3 Å². The SMILES string of the molecule is Cc1ccc([C@@H](C[NH+]2CCOCC2)NC(=O)c2ccc(-c3nnco3)cc2)cc1. The zero-order valence-electron chi connectivity index (χ0n) is 16.4. The first-order valence-corrected chi connectivity index (χ1v) is 9.84. The lowest BCUT2D eigenvalue weighted by Crippen LogP contribution is -3.14. The molecule has 0 unspecified atom stereocenters. The van der Waals surface area contributed by atoms with Gasteiger partial charge in [-0.25, -0.2) is 0 Å². The molecule has 1 aliphatic heterocycles. The summed E-state index contributed by atoms with van der Waals surface area (Å²) in [6.45, 7) is 6.34. The zero-order valence-corrected chi connectivity index (χ0v) is 16.4. The highest BCUT2D eigenvalue weighted by molar-refractivity contribution is 5.94. The highest BCUT2D eigenvalue weighted by atomic mass is 16.5. The number of hydrogen-bond donors (Lipinski definition) is 2. The third-order valence-corrected chi connectivity index (χ3v) is 5.23. The summed E-state index contributed by atoms with van der Waals surface area (Å²) in [5, 5.41) is 10.8. The fraction of sp³-hybridized carbons (Fsp3) is 0.318. The Kier molecular flexibility index (Phi) is 5.97.